The Hall–Kier alpha value is -0.410. The van der Waals surface area contributed by atoms with Crippen LogP contribution in [0, 0.1) is 11.8 Å². The minimum atomic E-state index is 0.736. The molecule has 1 aliphatic rings. The van der Waals surface area contributed by atoms with Crippen molar-refractivity contribution >= 4 is 11.3 Å². The van der Waals surface area contributed by atoms with Crippen LogP contribution in [0.15, 0.2) is 6.20 Å². The molecule has 0 unspecified atom stereocenters. The molecule has 1 N–H and O–H groups in total. The summed E-state index contributed by atoms with van der Waals surface area (Å²) < 4.78 is 0. The van der Waals surface area contributed by atoms with Crippen LogP contribution in [-0.4, -0.2) is 11.5 Å². The highest BCUT2D eigenvalue weighted by atomic mass is 32.1. The maximum Gasteiger partial charge on any atom is 0.0959 e. The summed E-state index contributed by atoms with van der Waals surface area (Å²) in [6.45, 7) is 8.89. The lowest BCUT2D eigenvalue weighted by Crippen LogP contribution is -2.17. The molecule has 2 rings (SSSR count). The topological polar surface area (TPSA) is 24.9 Å². The summed E-state index contributed by atoms with van der Waals surface area (Å²) in [5, 5.41) is 4.75. The number of rotatable bonds is 5. The quantitative estimate of drug-likeness (QED) is 0.864. The monoisotopic (exact) mass is 266 g/mol. The van der Waals surface area contributed by atoms with E-state index in [1.807, 2.05) is 11.3 Å². The van der Waals surface area contributed by atoms with Crippen molar-refractivity contribution in [2.45, 2.75) is 58.9 Å². The molecule has 0 saturated heterocycles. The molecule has 1 aromatic rings. The Balaban J connectivity index is 1.87. The highest BCUT2D eigenvalue weighted by Gasteiger charge is 2.25. The van der Waals surface area contributed by atoms with Gasteiger partial charge in [0.15, 0.2) is 0 Å². The van der Waals surface area contributed by atoms with Crippen molar-refractivity contribution in [2.24, 2.45) is 11.8 Å². The average molecular weight is 266 g/mol. The summed E-state index contributed by atoms with van der Waals surface area (Å²) in [6.07, 6.45) is 7.54. The summed E-state index contributed by atoms with van der Waals surface area (Å²) >= 11 is 1.92. The van der Waals surface area contributed by atoms with Crippen LogP contribution in [0.5, 0.6) is 0 Å². The van der Waals surface area contributed by atoms with E-state index in [1.54, 1.807) is 0 Å². The summed E-state index contributed by atoms with van der Waals surface area (Å²) in [5.74, 6) is 2.54. The molecule has 18 heavy (non-hydrogen) atoms. The number of hydrogen-bond donors (Lipinski definition) is 1. The molecular weight excluding hydrogens is 240 g/mol. The lowest BCUT2D eigenvalue weighted by Gasteiger charge is -2.29. The molecule has 0 aliphatic heterocycles. The fourth-order valence-electron chi connectivity index (χ4n) is 2.87. The summed E-state index contributed by atoms with van der Waals surface area (Å²) in [7, 11) is 0. The normalized spacial score (nSPS) is 24.7. The van der Waals surface area contributed by atoms with Gasteiger partial charge in [-0.1, -0.05) is 20.8 Å². The van der Waals surface area contributed by atoms with E-state index in [0.717, 1.165) is 30.8 Å². The predicted molar refractivity (Wildman–Crippen MR) is 79.0 cm³/mol. The van der Waals surface area contributed by atoms with Crippen LogP contribution in [0.2, 0.25) is 0 Å². The highest BCUT2D eigenvalue weighted by molar-refractivity contribution is 7.11. The lowest BCUT2D eigenvalue weighted by atomic mass is 9.77. The van der Waals surface area contributed by atoms with Gasteiger partial charge in [0.25, 0.3) is 0 Å². The number of nitrogens with one attached hydrogen (secondary N) is 1. The van der Waals surface area contributed by atoms with Crippen molar-refractivity contribution in [3.05, 3.63) is 16.1 Å². The third-order valence-electron chi connectivity index (χ3n) is 4.18. The molecule has 1 saturated carbocycles. The van der Waals surface area contributed by atoms with Crippen molar-refractivity contribution in [2.75, 3.05) is 6.54 Å². The van der Waals surface area contributed by atoms with Gasteiger partial charge in [-0.2, -0.15) is 0 Å². The van der Waals surface area contributed by atoms with Crippen molar-refractivity contribution in [3.63, 3.8) is 0 Å². The van der Waals surface area contributed by atoms with Crippen LogP contribution in [0.1, 0.15) is 62.3 Å². The molecule has 0 aromatic carbocycles. The van der Waals surface area contributed by atoms with E-state index in [-0.39, 0.29) is 0 Å². The minimum absolute atomic E-state index is 0.736. The van der Waals surface area contributed by atoms with Crippen LogP contribution in [-0.2, 0) is 6.54 Å². The first-order valence-corrected chi connectivity index (χ1v) is 8.17. The Labute approximate surface area is 115 Å². The number of nitrogens with zero attached hydrogens (tertiary/aromatic N) is 1. The average Bonchev–Trinajstić information content (AvgIpc) is 2.85. The van der Waals surface area contributed by atoms with Gasteiger partial charge in [-0.15, -0.1) is 11.3 Å². The van der Waals surface area contributed by atoms with E-state index >= 15 is 0 Å². The fourth-order valence-corrected chi connectivity index (χ4v) is 3.93. The van der Waals surface area contributed by atoms with Crippen molar-refractivity contribution in [1.82, 2.24) is 10.3 Å². The smallest absolute Gasteiger partial charge is 0.0959 e. The van der Waals surface area contributed by atoms with Gasteiger partial charge < -0.3 is 5.32 Å². The van der Waals surface area contributed by atoms with E-state index in [1.165, 1.54) is 35.6 Å². The molecule has 3 heteroatoms. The Morgan fingerprint density at radius 2 is 2.06 bits per heavy atom. The zero-order valence-electron chi connectivity index (χ0n) is 11.9. The minimum Gasteiger partial charge on any atom is -0.312 e. The molecule has 1 fully saturated rings. The van der Waals surface area contributed by atoms with Gasteiger partial charge in [0, 0.05) is 23.5 Å². The Morgan fingerprint density at radius 3 is 2.67 bits per heavy atom. The summed E-state index contributed by atoms with van der Waals surface area (Å²) in [6, 6.07) is 0. The third-order valence-corrected chi connectivity index (χ3v) is 5.34. The Kier molecular flexibility index (Phi) is 5.19. The van der Waals surface area contributed by atoms with Gasteiger partial charge in [-0.05, 0) is 44.1 Å². The second kappa shape index (κ2) is 6.67. The van der Waals surface area contributed by atoms with Gasteiger partial charge in [0.2, 0.25) is 0 Å². The van der Waals surface area contributed by atoms with E-state index in [4.69, 9.17) is 0 Å². The SMILES string of the molecule is CCNCc1cnc(C2CCC(C(C)C)CC2)s1. The van der Waals surface area contributed by atoms with Crippen LogP contribution < -0.4 is 5.32 Å². The molecule has 102 valence electrons. The van der Waals surface area contributed by atoms with Crippen LogP contribution in [0.3, 0.4) is 0 Å². The first-order chi connectivity index (χ1) is 8.70. The molecule has 1 aliphatic carbocycles. The number of thiazole rings is 1. The number of aromatic nitrogens is 1. The van der Waals surface area contributed by atoms with Crippen molar-refractivity contribution in [1.29, 1.82) is 0 Å². The van der Waals surface area contributed by atoms with Crippen LogP contribution >= 0.6 is 11.3 Å². The van der Waals surface area contributed by atoms with E-state index in [0.29, 0.717) is 0 Å². The van der Waals surface area contributed by atoms with Crippen LogP contribution in [0.25, 0.3) is 0 Å². The molecule has 0 spiro atoms. The zero-order valence-corrected chi connectivity index (χ0v) is 12.7. The molecular formula is C15H26N2S. The summed E-state index contributed by atoms with van der Waals surface area (Å²) in [5.41, 5.74) is 0. The second-order valence-electron chi connectivity index (χ2n) is 5.80. The third kappa shape index (κ3) is 3.55. The van der Waals surface area contributed by atoms with E-state index < -0.39 is 0 Å². The molecule has 2 nitrogen and oxygen atoms in total. The second-order valence-corrected chi connectivity index (χ2v) is 6.95. The lowest BCUT2D eigenvalue weighted by molar-refractivity contribution is 0.258. The molecule has 0 atom stereocenters. The molecule has 0 amide bonds. The van der Waals surface area contributed by atoms with Gasteiger partial charge in [0.1, 0.15) is 0 Å². The van der Waals surface area contributed by atoms with Gasteiger partial charge in [0.05, 0.1) is 5.01 Å². The molecule has 0 bridgehead atoms. The van der Waals surface area contributed by atoms with Gasteiger partial charge in [-0.25, -0.2) is 4.98 Å². The largest absolute Gasteiger partial charge is 0.312 e. The predicted octanol–water partition coefficient (Wildman–Crippen LogP) is 4.18. The maximum absolute atomic E-state index is 4.64. The maximum atomic E-state index is 4.64. The summed E-state index contributed by atoms with van der Waals surface area (Å²) in [4.78, 5) is 6.03. The van der Waals surface area contributed by atoms with Crippen LogP contribution in [0.4, 0.5) is 0 Å². The van der Waals surface area contributed by atoms with Crippen molar-refractivity contribution < 1.29 is 0 Å². The Morgan fingerprint density at radius 1 is 1.33 bits per heavy atom. The van der Waals surface area contributed by atoms with Gasteiger partial charge >= 0.3 is 0 Å². The fraction of sp³-hybridized carbons (Fsp3) is 0.800. The molecule has 1 aromatic heterocycles. The Bertz CT molecular complexity index is 351. The van der Waals surface area contributed by atoms with E-state index in [2.05, 4.69) is 37.3 Å². The van der Waals surface area contributed by atoms with Gasteiger partial charge in [-0.3, -0.25) is 0 Å². The molecule has 1 heterocycles. The molecule has 0 radical (unpaired) electrons. The first kappa shape index (κ1) is 14.0. The zero-order chi connectivity index (χ0) is 13.0. The van der Waals surface area contributed by atoms with Crippen molar-refractivity contribution in [3.8, 4) is 0 Å². The van der Waals surface area contributed by atoms with E-state index in [9.17, 15) is 0 Å². The standard InChI is InChI=1S/C15H26N2S/c1-4-16-9-14-10-17-15(18-14)13-7-5-12(6-8-13)11(2)3/h10-13,16H,4-9H2,1-3H3. The highest BCUT2D eigenvalue weighted by Crippen LogP contribution is 2.39. The number of hydrogen-bond acceptors (Lipinski definition) is 3. The first-order valence-electron chi connectivity index (χ1n) is 7.36.